The molecule has 0 radical (unpaired) electrons. The normalized spacial score (nSPS) is 21.4. The van der Waals surface area contributed by atoms with Crippen molar-refractivity contribution in [3.05, 3.63) is 28.5 Å². The van der Waals surface area contributed by atoms with E-state index in [4.69, 9.17) is 4.74 Å². The van der Waals surface area contributed by atoms with Crippen LogP contribution in [0.2, 0.25) is 0 Å². The van der Waals surface area contributed by atoms with Crippen molar-refractivity contribution in [2.45, 2.75) is 51.2 Å². The van der Waals surface area contributed by atoms with Gasteiger partial charge in [0.2, 0.25) is 0 Å². The lowest BCUT2D eigenvalue weighted by molar-refractivity contribution is -0.0917. The summed E-state index contributed by atoms with van der Waals surface area (Å²) in [6.07, 6.45) is 5.31. The number of aromatic nitrogens is 1. The highest BCUT2D eigenvalue weighted by Gasteiger charge is 2.35. The molecule has 20 heavy (non-hydrogen) atoms. The van der Waals surface area contributed by atoms with Gasteiger partial charge in [-0.3, -0.25) is 4.79 Å². The van der Waals surface area contributed by atoms with E-state index in [9.17, 15) is 4.79 Å². The van der Waals surface area contributed by atoms with Crippen LogP contribution >= 0.6 is 15.9 Å². The number of nitrogens with one attached hydrogen (secondary N) is 1. The van der Waals surface area contributed by atoms with Crippen LogP contribution in [0.15, 0.2) is 22.9 Å². The van der Waals surface area contributed by atoms with Crippen LogP contribution in [-0.2, 0) is 4.74 Å². The molecule has 0 aliphatic carbocycles. The van der Waals surface area contributed by atoms with Crippen molar-refractivity contribution in [2.24, 2.45) is 0 Å². The van der Waals surface area contributed by atoms with Crippen LogP contribution in [0.3, 0.4) is 0 Å². The Morgan fingerprint density at radius 1 is 1.50 bits per heavy atom. The highest BCUT2D eigenvalue weighted by Crippen LogP contribution is 2.31. The lowest BCUT2D eigenvalue weighted by Gasteiger charge is -2.40. The third-order valence-electron chi connectivity index (χ3n) is 4.11. The molecule has 5 heteroatoms. The van der Waals surface area contributed by atoms with Crippen molar-refractivity contribution >= 4 is 21.8 Å². The Hall–Kier alpha value is -0.940. The largest absolute Gasteiger partial charge is 0.375 e. The van der Waals surface area contributed by atoms with Gasteiger partial charge in [0.25, 0.3) is 5.91 Å². The molecule has 1 saturated heterocycles. The maximum atomic E-state index is 12.2. The van der Waals surface area contributed by atoms with E-state index in [1.165, 1.54) is 0 Å². The van der Waals surface area contributed by atoms with Gasteiger partial charge in [0.05, 0.1) is 11.2 Å². The number of rotatable bonds is 4. The predicted molar refractivity (Wildman–Crippen MR) is 81.7 cm³/mol. The monoisotopic (exact) mass is 340 g/mol. The van der Waals surface area contributed by atoms with Gasteiger partial charge in [-0.1, -0.05) is 13.8 Å². The second kappa shape index (κ2) is 6.68. The zero-order chi connectivity index (χ0) is 14.6. The molecule has 1 N–H and O–H groups in total. The highest BCUT2D eigenvalue weighted by atomic mass is 79.9. The molecule has 2 heterocycles. The molecule has 110 valence electrons. The molecule has 1 amide bonds. The third kappa shape index (κ3) is 3.58. The number of pyridine rings is 1. The third-order valence-corrected chi connectivity index (χ3v) is 4.58. The number of amides is 1. The highest BCUT2D eigenvalue weighted by molar-refractivity contribution is 9.10. The van der Waals surface area contributed by atoms with Gasteiger partial charge < -0.3 is 10.1 Å². The van der Waals surface area contributed by atoms with Crippen molar-refractivity contribution in [3.63, 3.8) is 0 Å². The molecule has 0 bridgehead atoms. The van der Waals surface area contributed by atoms with Crippen LogP contribution in [0.5, 0.6) is 0 Å². The van der Waals surface area contributed by atoms with Crippen LogP contribution in [0.4, 0.5) is 0 Å². The first-order valence-corrected chi connectivity index (χ1v) is 7.94. The zero-order valence-electron chi connectivity index (χ0n) is 12.0. The molecule has 0 saturated carbocycles. The van der Waals surface area contributed by atoms with Crippen LogP contribution in [-0.4, -0.2) is 29.1 Å². The van der Waals surface area contributed by atoms with E-state index in [2.05, 4.69) is 40.1 Å². The van der Waals surface area contributed by atoms with Crippen molar-refractivity contribution < 1.29 is 9.53 Å². The Kier molecular flexibility index (Phi) is 5.16. The smallest absolute Gasteiger partial charge is 0.253 e. The summed E-state index contributed by atoms with van der Waals surface area (Å²) in [7, 11) is 0. The minimum absolute atomic E-state index is 0.0574. The van der Waals surface area contributed by atoms with Gasteiger partial charge in [0.1, 0.15) is 4.60 Å². The number of carbonyl (C=O) groups excluding carboxylic acids is 1. The maximum Gasteiger partial charge on any atom is 0.253 e. The predicted octanol–water partition coefficient (Wildman–Crippen LogP) is 3.31. The Morgan fingerprint density at radius 3 is 2.85 bits per heavy atom. The van der Waals surface area contributed by atoms with Crippen LogP contribution in [0.25, 0.3) is 0 Å². The molecule has 4 nitrogen and oxygen atoms in total. The van der Waals surface area contributed by atoms with E-state index in [1.54, 1.807) is 18.3 Å². The number of ether oxygens (including phenoxy) is 1. The molecule has 2 rings (SSSR count). The van der Waals surface area contributed by atoms with E-state index in [0.717, 1.165) is 30.3 Å². The molecule has 1 unspecified atom stereocenters. The summed E-state index contributed by atoms with van der Waals surface area (Å²) in [6.45, 7) is 5.00. The first kappa shape index (κ1) is 15.4. The fourth-order valence-electron chi connectivity index (χ4n) is 2.67. The number of hydrogen-bond donors (Lipinski definition) is 1. The van der Waals surface area contributed by atoms with E-state index in [-0.39, 0.29) is 17.6 Å². The van der Waals surface area contributed by atoms with E-state index >= 15 is 0 Å². The summed E-state index contributed by atoms with van der Waals surface area (Å²) >= 11 is 3.27. The Morgan fingerprint density at radius 2 is 2.25 bits per heavy atom. The summed E-state index contributed by atoms with van der Waals surface area (Å²) in [5.74, 6) is -0.0574. The fourth-order valence-corrected chi connectivity index (χ4v) is 2.91. The van der Waals surface area contributed by atoms with Gasteiger partial charge in [-0.15, -0.1) is 0 Å². The standard InChI is InChI=1S/C15H21BrN2O2/c1-3-15(4-2)9-12(7-8-20-15)18-14(19)11-5-6-13(16)17-10-11/h5-6,10,12H,3-4,7-9H2,1-2H3,(H,18,19). The average Bonchev–Trinajstić information content (AvgIpc) is 2.48. The topological polar surface area (TPSA) is 51.2 Å². The van der Waals surface area contributed by atoms with Crippen molar-refractivity contribution in [3.8, 4) is 0 Å². The fraction of sp³-hybridized carbons (Fsp3) is 0.600. The quantitative estimate of drug-likeness (QED) is 0.855. The van der Waals surface area contributed by atoms with Gasteiger partial charge in [-0.2, -0.15) is 0 Å². The second-order valence-electron chi connectivity index (χ2n) is 5.27. The molecule has 0 spiro atoms. The molecule has 1 aliphatic heterocycles. The summed E-state index contributed by atoms with van der Waals surface area (Å²) in [5.41, 5.74) is 0.520. The van der Waals surface area contributed by atoms with Crippen molar-refractivity contribution in [2.75, 3.05) is 6.61 Å². The number of nitrogens with zero attached hydrogens (tertiary/aromatic N) is 1. The minimum atomic E-state index is -0.0752. The number of hydrogen-bond acceptors (Lipinski definition) is 3. The zero-order valence-corrected chi connectivity index (χ0v) is 13.6. The number of carbonyl (C=O) groups is 1. The van der Waals surface area contributed by atoms with E-state index < -0.39 is 0 Å². The summed E-state index contributed by atoms with van der Waals surface area (Å²) in [6, 6.07) is 3.74. The SMILES string of the molecule is CCC1(CC)CC(NC(=O)c2ccc(Br)nc2)CCO1. The van der Waals surface area contributed by atoms with Gasteiger partial charge >= 0.3 is 0 Å². The lowest BCUT2D eigenvalue weighted by atomic mass is 9.86. The molecule has 1 aromatic heterocycles. The summed E-state index contributed by atoms with van der Waals surface area (Å²) < 4.78 is 6.66. The first-order chi connectivity index (χ1) is 9.58. The van der Waals surface area contributed by atoms with E-state index in [1.807, 2.05) is 0 Å². The molecule has 1 aromatic rings. The molecular weight excluding hydrogens is 320 g/mol. The average molecular weight is 341 g/mol. The van der Waals surface area contributed by atoms with Crippen LogP contribution in [0.1, 0.15) is 49.9 Å². The molecular formula is C15H21BrN2O2. The Labute approximate surface area is 128 Å². The molecule has 1 atom stereocenters. The van der Waals surface area contributed by atoms with Gasteiger partial charge in [0.15, 0.2) is 0 Å². The van der Waals surface area contributed by atoms with E-state index in [0.29, 0.717) is 12.2 Å². The van der Waals surface area contributed by atoms with Gasteiger partial charge in [-0.25, -0.2) is 4.98 Å². The molecule has 1 fully saturated rings. The van der Waals surface area contributed by atoms with Gasteiger partial charge in [-0.05, 0) is 53.7 Å². The van der Waals surface area contributed by atoms with Gasteiger partial charge in [0, 0.05) is 18.8 Å². The Bertz CT molecular complexity index is 457. The summed E-state index contributed by atoms with van der Waals surface area (Å²) in [5, 5.41) is 3.10. The molecule has 1 aliphatic rings. The first-order valence-electron chi connectivity index (χ1n) is 7.15. The second-order valence-corrected chi connectivity index (χ2v) is 6.08. The number of halogens is 1. The summed E-state index contributed by atoms with van der Waals surface area (Å²) in [4.78, 5) is 16.3. The molecule has 0 aromatic carbocycles. The van der Waals surface area contributed by atoms with Crippen LogP contribution in [0, 0.1) is 0 Å². The lowest BCUT2D eigenvalue weighted by Crippen LogP contribution is -2.48. The minimum Gasteiger partial charge on any atom is -0.375 e. The maximum absolute atomic E-state index is 12.2. The van der Waals surface area contributed by atoms with Crippen molar-refractivity contribution in [1.29, 1.82) is 0 Å². The van der Waals surface area contributed by atoms with Crippen LogP contribution < -0.4 is 5.32 Å². The van der Waals surface area contributed by atoms with Crippen molar-refractivity contribution in [1.82, 2.24) is 10.3 Å². The Balaban J connectivity index is 1.99.